The second-order valence-electron chi connectivity index (χ2n) is 5.70. The molecule has 1 heterocycles. The lowest BCUT2D eigenvalue weighted by Gasteiger charge is -2.13. The van der Waals surface area contributed by atoms with Crippen molar-refractivity contribution in [2.75, 3.05) is 0 Å². The Morgan fingerprint density at radius 1 is 1.17 bits per heavy atom. The fourth-order valence-corrected chi connectivity index (χ4v) is 4.04. The van der Waals surface area contributed by atoms with Crippen LogP contribution in [0.3, 0.4) is 0 Å². The van der Waals surface area contributed by atoms with E-state index in [0.29, 0.717) is 0 Å². The lowest BCUT2D eigenvalue weighted by molar-refractivity contribution is -0.274. The number of phenolic OH excluding ortho intramolecular Hbond substituents is 1. The van der Waals surface area contributed by atoms with E-state index in [1.807, 2.05) is 0 Å². The van der Waals surface area contributed by atoms with Crippen LogP contribution in [0, 0.1) is 0 Å². The van der Waals surface area contributed by atoms with Crippen LogP contribution in [0.2, 0.25) is 5.02 Å². The Hall–Kier alpha value is -3.25. The fraction of sp³-hybridized carbons (Fsp3) is 0.0588. The van der Waals surface area contributed by atoms with Crippen LogP contribution < -0.4 is 9.46 Å². The van der Waals surface area contributed by atoms with Crippen molar-refractivity contribution in [1.29, 1.82) is 0 Å². The maximum Gasteiger partial charge on any atom is 0.573 e. The molecule has 0 aliphatic heterocycles. The van der Waals surface area contributed by atoms with Crippen molar-refractivity contribution in [3.8, 4) is 17.2 Å². The number of alkyl halides is 3. The first kappa shape index (κ1) is 21.5. The van der Waals surface area contributed by atoms with Crippen molar-refractivity contribution in [2.45, 2.75) is 11.3 Å². The summed E-state index contributed by atoms with van der Waals surface area (Å²) in [5, 5.41) is 9.43. The van der Waals surface area contributed by atoms with Gasteiger partial charge in [-0.1, -0.05) is 29.8 Å². The zero-order valence-corrected chi connectivity index (χ0v) is 16.2. The molecule has 2 N–H and O–H groups in total. The van der Waals surface area contributed by atoms with Crippen molar-refractivity contribution in [3.05, 3.63) is 65.7 Å². The van der Waals surface area contributed by atoms with Gasteiger partial charge in [-0.25, -0.2) is 18.1 Å². The number of carbonyl (C=O) groups is 1. The number of imidazole rings is 1. The van der Waals surface area contributed by atoms with Gasteiger partial charge in [0.25, 0.3) is 15.9 Å². The number of nitrogens with zero attached hydrogens (tertiary/aromatic N) is 2. The van der Waals surface area contributed by atoms with E-state index in [9.17, 15) is 31.5 Å². The third-order valence-electron chi connectivity index (χ3n) is 3.63. The van der Waals surface area contributed by atoms with Crippen molar-refractivity contribution in [3.63, 3.8) is 0 Å². The number of hydrogen-bond acceptors (Lipinski definition) is 6. The average Bonchev–Trinajstić information content (AvgIpc) is 3.10. The molecule has 2 aromatic carbocycles. The molecule has 13 heteroatoms. The molecule has 0 unspecified atom stereocenters. The molecule has 3 rings (SSSR count). The van der Waals surface area contributed by atoms with Gasteiger partial charge in [-0.05, 0) is 24.3 Å². The predicted molar refractivity (Wildman–Crippen MR) is 98.0 cm³/mol. The van der Waals surface area contributed by atoms with Gasteiger partial charge >= 0.3 is 6.36 Å². The van der Waals surface area contributed by atoms with Gasteiger partial charge in [0.2, 0.25) is 0 Å². The Bertz CT molecular complexity index is 1190. The highest BCUT2D eigenvalue weighted by molar-refractivity contribution is 7.90. The number of halogens is 4. The van der Waals surface area contributed by atoms with Crippen LogP contribution in [0.25, 0.3) is 5.69 Å². The molecule has 0 spiro atoms. The van der Waals surface area contributed by atoms with Gasteiger partial charge in [0, 0.05) is 6.20 Å². The topological polar surface area (TPSA) is 111 Å². The zero-order chi connectivity index (χ0) is 22.1. The van der Waals surface area contributed by atoms with Crippen molar-refractivity contribution >= 4 is 27.5 Å². The normalized spacial score (nSPS) is 11.9. The summed E-state index contributed by atoms with van der Waals surface area (Å²) in [7, 11) is -4.56. The Kier molecular flexibility index (Phi) is 5.63. The van der Waals surface area contributed by atoms with Crippen molar-refractivity contribution in [1.82, 2.24) is 14.3 Å². The minimum atomic E-state index is -4.94. The van der Waals surface area contributed by atoms with Crippen molar-refractivity contribution < 1.29 is 36.2 Å². The Balaban J connectivity index is 1.88. The minimum Gasteiger partial charge on any atom is -0.506 e. The molecule has 0 aliphatic rings. The van der Waals surface area contributed by atoms with Crippen LogP contribution in [0.15, 0.2) is 59.9 Å². The van der Waals surface area contributed by atoms with Crippen LogP contribution in [0.5, 0.6) is 11.5 Å². The number of para-hydroxylation sites is 2. The van der Waals surface area contributed by atoms with E-state index in [1.54, 1.807) is 4.72 Å². The second-order valence-corrected chi connectivity index (χ2v) is 7.73. The molecular weight excluding hydrogens is 451 g/mol. The monoisotopic (exact) mass is 461 g/mol. The molecule has 30 heavy (non-hydrogen) atoms. The summed E-state index contributed by atoms with van der Waals surface area (Å²) >= 11 is 5.78. The summed E-state index contributed by atoms with van der Waals surface area (Å²) in [6.07, 6.45) is -2.93. The summed E-state index contributed by atoms with van der Waals surface area (Å²) in [5.74, 6) is -2.42. The van der Waals surface area contributed by atoms with Crippen LogP contribution in [-0.4, -0.2) is 35.3 Å². The average molecular weight is 462 g/mol. The number of hydrogen-bond donors (Lipinski definition) is 2. The molecular formula is C17H11ClF3N3O5S. The van der Waals surface area contributed by atoms with Crippen LogP contribution >= 0.6 is 11.6 Å². The molecule has 1 aromatic heterocycles. The SMILES string of the molecule is O=C(NS(=O)(=O)c1c(O)cccc1Cl)c1cn(-c2ccccc2OC(F)(F)F)cn1. The second kappa shape index (κ2) is 7.88. The van der Waals surface area contributed by atoms with Gasteiger partial charge in [0.05, 0.1) is 10.7 Å². The lowest BCUT2D eigenvalue weighted by Crippen LogP contribution is -2.31. The van der Waals surface area contributed by atoms with Gasteiger partial charge in [-0.2, -0.15) is 0 Å². The van der Waals surface area contributed by atoms with E-state index >= 15 is 0 Å². The summed E-state index contributed by atoms with van der Waals surface area (Å²) in [6, 6.07) is 8.67. The number of rotatable bonds is 5. The highest BCUT2D eigenvalue weighted by Gasteiger charge is 2.32. The van der Waals surface area contributed by atoms with Gasteiger partial charge in [-0.15, -0.1) is 13.2 Å². The Morgan fingerprint density at radius 3 is 2.53 bits per heavy atom. The molecule has 3 aromatic rings. The van der Waals surface area contributed by atoms with E-state index in [-0.39, 0.29) is 10.7 Å². The summed E-state index contributed by atoms with van der Waals surface area (Å²) < 4.78 is 69.2. The van der Waals surface area contributed by atoms with Crippen LogP contribution in [0.1, 0.15) is 10.5 Å². The lowest BCUT2D eigenvalue weighted by atomic mass is 10.3. The maximum absolute atomic E-state index is 12.6. The molecule has 1 amide bonds. The molecule has 158 valence electrons. The fourth-order valence-electron chi connectivity index (χ4n) is 2.44. The maximum atomic E-state index is 12.6. The zero-order valence-electron chi connectivity index (χ0n) is 14.6. The number of benzene rings is 2. The number of ether oxygens (including phenoxy) is 1. The molecule has 0 atom stereocenters. The highest BCUT2D eigenvalue weighted by atomic mass is 35.5. The first-order valence-corrected chi connectivity index (χ1v) is 9.78. The number of aromatic hydroxyl groups is 1. The van der Waals surface area contributed by atoms with Gasteiger partial charge in [-0.3, -0.25) is 4.79 Å². The third-order valence-corrected chi connectivity index (χ3v) is 5.47. The number of amides is 1. The molecule has 8 nitrogen and oxygen atoms in total. The molecule has 0 fully saturated rings. The summed E-state index contributed by atoms with van der Waals surface area (Å²) in [5.41, 5.74) is -0.514. The number of sulfonamides is 1. The molecule has 0 saturated heterocycles. The number of nitrogens with one attached hydrogen (secondary N) is 1. The van der Waals surface area contributed by atoms with E-state index in [1.165, 1.54) is 30.3 Å². The third kappa shape index (κ3) is 4.66. The minimum absolute atomic E-state index is 0.0898. The Morgan fingerprint density at radius 2 is 1.87 bits per heavy atom. The molecule has 0 aliphatic carbocycles. The first-order valence-electron chi connectivity index (χ1n) is 7.92. The smallest absolute Gasteiger partial charge is 0.506 e. The standard InChI is InChI=1S/C17H11ClF3N3O5S/c18-10-4-3-6-13(25)15(10)30(27,28)23-16(26)11-8-24(9-22-11)12-5-1-2-7-14(12)29-17(19,20)21/h1-9,25H,(H,23,26). The molecule has 0 saturated carbocycles. The number of aromatic nitrogens is 2. The van der Waals surface area contributed by atoms with Crippen LogP contribution in [-0.2, 0) is 10.0 Å². The van der Waals surface area contributed by atoms with Gasteiger partial charge < -0.3 is 14.4 Å². The van der Waals surface area contributed by atoms with Gasteiger partial charge in [0.15, 0.2) is 5.75 Å². The van der Waals surface area contributed by atoms with E-state index in [4.69, 9.17) is 11.6 Å². The summed E-state index contributed by atoms with van der Waals surface area (Å²) in [6.45, 7) is 0. The van der Waals surface area contributed by atoms with E-state index in [0.717, 1.165) is 29.2 Å². The van der Waals surface area contributed by atoms with E-state index < -0.39 is 44.4 Å². The van der Waals surface area contributed by atoms with Gasteiger partial charge in [0.1, 0.15) is 22.7 Å². The number of carbonyl (C=O) groups excluding carboxylic acids is 1. The summed E-state index contributed by atoms with van der Waals surface area (Å²) in [4.78, 5) is 15.3. The van der Waals surface area contributed by atoms with E-state index in [2.05, 4.69) is 9.72 Å². The molecule has 0 radical (unpaired) electrons. The largest absolute Gasteiger partial charge is 0.573 e. The molecule has 0 bridgehead atoms. The number of phenols is 1. The quantitative estimate of drug-likeness (QED) is 0.603. The van der Waals surface area contributed by atoms with Crippen molar-refractivity contribution in [2.24, 2.45) is 0 Å². The Labute approximate surface area is 172 Å². The van der Waals surface area contributed by atoms with Crippen LogP contribution in [0.4, 0.5) is 13.2 Å². The highest BCUT2D eigenvalue weighted by Crippen LogP contribution is 2.30. The first-order chi connectivity index (χ1) is 14.0. The predicted octanol–water partition coefficient (Wildman–Crippen LogP) is 3.25.